The second-order valence-corrected chi connectivity index (χ2v) is 4.33. The van der Waals surface area contributed by atoms with E-state index in [1.807, 2.05) is 30.3 Å². The van der Waals surface area contributed by atoms with Crippen LogP contribution in [0.25, 0.3) is 0 Å². The zero-order valence-electron chi connectivity index (χ0n) is 10.7. The van der Waals surface area contributed by atoms with Crippen LogP contribution >= 0.6 is 0 Å². The molecule has 19 heavy (non-hydrogen) atoms. The molecule has 1 aromatic carbocycles. The molecular formula is C15H15FN2O. The van der Waals surface area contributed by atoms with Crippen molar-refractivity contribution in [3.05, 3.63) is 65.7 Å². The van der Waals surface area contributed by atoms with Crippen molar-refractivity contribution in [1.82, 2.24) is 9.88 Å². The van der Waals surface area contributed by atoms with Crippen molar-refractivity contribution in [2.75, 3.05) is 13.6 Å². The van der Waals surface area contributed by atoms with E-state index in [2.05, 4.69) is 4.98 Å². The summed E-state index contributed by atoms with van der Waals surface area (Å²) in [5.41, 5.74) is 1.49. The first kappa shape index (κ1) is 13.2. The highest BCUT2D eigenvalue weighted by molar-refractivity contribution is 5.93. The summed E-state index contributed by atoms with van der Waals surface area (Å²) in [6.45, 7) is 0.590. The first-order chi connectivity index (χ1) is 9.16. The maximum Gasteiger partial charge on any atom is 0.253 e. The Balaban J connectivity index is 1.96. The lowest BCUT2D eigenvalue weighted by atomic mass is 10.1. The van der Waals surface area contributed by atoms with E-state index in [4.69, 9.17) is 0 Å². The van der Waals surface area contributed by atoms with Gasteiger partial charge in [0, 0.05) is 31.4 Å². The number of benzene rings is 1. The predicted molar refractivity (Wildman–Crippen MR) is 71.3 cm³/mol. The summed E-state index contributed by atoms with van der Waals surface area (Å²) in [4.78, 5) is 17.1. The molecule has 0 radical (unpaired) electrons. The zero-order chi connectivity index (χ0) is 13.7. The Labute approximate surface area is 111 Å². The van der Waals surface area contributed by atoms with E-state index in [0.717, 1.165) is 12.5 Å². The lowest BCUT2D eigenvalue weighted by molar-refractivity contribution is 0.0796. The maximum atomic E-state index is 13.0. The third-order valence-corrected chi connectivity index (χ3v) is 2.90. The maximum absolute atomic E-state index is 13.0. The van der Waals surface area contributed by atoms with Gasteiger partial charge < -0.3 is 4.90 Å². The van der Waals surface area contributed by atoms with Crippen molar-refractivity contribution in [2.45, 2.75) is 6.42 Å². The number of carbonyl (C=O) groups excluding carboxylic acids is 1. The fourth-order valence-electron chi connectivity index (χ4n) is 1.80. The molecule has 1 aromatic heterocycles. The SMILES string of the molecule is CN(CCc1ccccc1)C(=O)c1ccnc(F)c1. The number of hydrogen-bond donors (Lipinski definition) is 0. The first-order valence-corrected chi connectivity index (χ1v) is 6.08. The molecule has 0 saturated heterocycles. The van der Waals surface area contributed by atoms with Crippen LogP contribution in [0.15, 0.2) is 48.7 Å². The van der Waals surface area contributed by atoms with Crippen molar-refractivity contribution in [2.24, 2.45) is 0 Å². The number of carbonyl (C=O) groups is 1. The number of nitrogens with zero attached hydrogens (tertiary/aromatic N) is 2. The van der Waals surface area contributed by atoms with Crippen molar-refractivity contribution >= 4 is 5.91 Å². The van der Waals surface area contributed by atoms with Crippen LogP contribution in [0.5, 0.6) is 0 Å². The summed E-state index contributed by atoms with van der Waals surface area (Å²) in [7, 11) is 1.71. The summed E-state index contributed by atoms with van der Waals surface area (Å²) in [5, 5.41) is 0. The molecule has 2 rings (SSSR count). The molecule has 0 aliphatic heterocycles. The second kappa shape index (κ2) is 6.09. The van der Waals surface area contributed by atoms with Crippen molar-refractivity contribution in [1.29, 1.82) is 0 Å². The van der Waals surface area contributed by atoms with Gasteiger partial charge in [0.2, 0.25) is 5.95 Å². The van der Waals surface area contributed by atoms with Gasteiger partial charge in [0.1, 0.15) is 0 Å². The fourth-order valence-corrected chi connectivity index (χ4v) is 1.80. The lowest BCUT2D eigenvalue weighted by Crippen LogP contribution is -2.28. The summed E-state index contributed by atoms with van der Waals surface area (Å²) in [5.74, 6) is -0.834. The third kappa shape index (κ3) is 3.61. The molecule has 0 spiro atoms. The lowest BCUT2D eigenvalue weighted by Gasteiger charge is -2.17. The molecule has 2 aromatic rings. The number of halogens is 1. The van der Waals surface area contributed by atoms with E-state index in [1.54, 1.807) is 11.9 Å². The van der Waals surface area contributed by atoms with Crippen LogP contribution in [0.4, 0.5) is 4.39 Å². The standard InChI is InChI=1S/C15H15FN2O/c1-18(10-8-12-5-3-2-4-6-12)15(19)13-7-9-17-14(16)11-13/h2-7,9,11H,8,10H2,1H3. The van der Waals surface area contributed by atoms with E-state index in [0.29, 0.717) is 12.1 Å². The van der Waals surface area contributed by atoms with Gasteiger partial charge in [-0.1, -0.05) is 30.3 Å². The van der Waals surface area contributed by atoms with Gasteiger partial charge in [0.15, 0.2) is 0 Å². The Morgan fingerprint density at radius 2 is 2.00 bits per heavy atom. The molecule has 0 unspecified atom stereocenters. The van der Waals surface area contributed by atoms with Gasteiger partial charge in [-0.05, 0) is 18.1 Å². The summed E-state index contributed by atoms with van der Waals surface area (Å²) in [6, 6.07) is 12.6. The molecular weight excluding hydrogens is 243 g/mol. The molecule has 0 saturated carbocycles. The van der Waals surface area contributed by atoms with E-state index < -0.39 is 5.95 Å². The average molecular weight is 258 g/mol. The molecule has 4 heteroatoms. The Morgan fingerprint density at radius 1 is 1.26 bits per heavy atom. The minimum atomic E-state index is -0.637. The summed E-state index contributed by atoms with van der Waals surface area (Å²) in [6.07, 6.45) is 2.07. The predicted octanol–water partition coefficient (Wildman–Crippen LogP) is 2.54. The number of aromatic nitrogens is 1. The van der Waals surface area contributed by atoms with E-state index in [9.17, 15) is 9.18 Å². The van der Waals surface area contributed by atoms with Crippen molar-refractivity contribution in [3.8, 4) is 0 Å². The highest BCUT2D eigenvalue weighted by Gasteiger charge is 2.12. The van der Waals surface area contributed by atoms with Gasteiger partial charge in [-0.3, -0.25) is 4.79 Å². The Morgan fingerprint density at radius 3 is 2.68 bits per heavy atom. The van der Waals surface area contributed by atoms with Crippen LogP contribution in [0.2, 0.25) is 0 Å². The number of rotatable bonds is 4. The van der Waals surface area contributed by atoms with Crippen LogP contribution in [0, 0.1) is 5.95 Å². The molecule has 0 atom stereocenters. The topological polar surface area (TPSA) is 33.2 Å². The minimum Gasteiger partial charge on any atom is -0.341 e. The van der Waals surface area contributed by atoms with Crippen molar-refractivity contribution in [3.63, 3.8) is 0 Å². The molecule has 0 bridgehead atoms. The highest BCUT2D eigenvalue weighted by atomic mass is 19.1. The molecule has 0 aliphatic carbocycles. The van der Waals surface area contributed by atoms with E-state index in [-0.39, 0.29) is 5.91 Å². The van der Waals surface area contributed by atoms with Gasteiger partial charge in [-0.15, -0.1) is 0 Å². The Kier molecular flexibility index (Phi) is 4.23. The molecule has 0 fully saturated rings. The summed E-state index contributed by atoms with van der Waals surface area (Å²) >= 11 is 0. The van der Waals surface area contributed by atoms with Gasteiger partial charge in [-0.2, -0.15) is 4.39 Å². The van der Waals surface area contributed by atoms with Crippen molar-refractivity contribution < 1.29 is 9.18 Å². The third-order valence-electron chi connectivity index (χ3n) is 2.90. The zero-order valence-corrected chi connectivity index (χ0v) is 10.7. The van der Waals surface area contributed by atoms with E-state index >= 15 is 0 Å². The molecule has 98 valence electrons. The number of pyridine rings is 1. The van der Waals surface area contributed by atoms with Crippen LogP contribution in [-0.2, 0) is 6.42 Å². The smallest absolute Gasteiger partial charge is 0.253 e. The van der Waals surface area contributed by atoms with Crippen LogP contribution in [0.3, 0.4) is 0 Å². The number of hydrogen-bond acceptors (Lipinski definition) is 2. The van der Waals surface area contributed by atoms with E-state index in [1.165, 1.54) is 17.8 Å². The number of likely N-dealkylation sites (N-methyl/N-ethyl adjacent to an activating group) is 1. The molecule has 3 nitrogen and oxygen atoms in total. The molecule has 1 amide bonds. The minimum absolute atomic E-state index is 0.197. The number of amides is 1. The summed E-state index contributed by atoms with van der Waals surface area (Å²) < 4.78 is 13.0. The van der Waals surface area contributed by atoms with Gasteiger partial charge in [-0.25, -0.2) is 4.98 Å². The normalized spacial score (nSPS) is 10.2. The molecule has 0 N–H and O–H groups in total. The average Bonchev–Trinajstić information content (AvgIpc) is 2.45. The van der Waals surface area contributed by atoms with Crippen LogP contribution < -0.4 is 0 Å². The monoisotopic (exact) mass is 258 g/mol. The van der Waals surface area contributed by atoms with Crippen LogP contribution in [0.1, 0.15) is 15.9 Å². The first-order valence-electron chi connectivity index (χ1n) is 6.08. The quantitative estimate of drug-likeness (QED) is 0.790. The van der Waals surface area contributed by atoms with Crippen LogP contribution in [-0.4, -0.2) is 29.4 Å². The van der Waals surface area contributed by atoms with Gasteiger partial charge in [0.05, 0.1) is 0 Å². The Bertz CT molecular complexity index is 557. The molecule has 1 heterocycles. The fraction of sp³-hybridized carbons (Fsp3) is 0.200. The largest absolute Gasteiger partial charge is 0.341 e. The Hall–Kier alpha value is -2.23. The van der Waals surface area contributed by atoms with Gasteiger partial charge >= 0.3 is 0 Å². The second-order valence-electron chi connectivity index (χ2n) is 4.33. The molecule has 0 aliphatic rings. The highest BCUT2D eigenvalue weighted by Crippen LogP contribution is 2.06. The van der Waals surface area contributed by atoms with Gasteiger partial charge in [0.25, 0.3) is 5.91 Å².